The molecule has 0 unspecified atom stereocenters. The van der Waals surface area contributed by atoms with Gasteiger partial charge >= 0.3 is 24.4 Å². The van der Waals surface area contributed by atoms with Gasteiger partial charge in [0.2, 0.25) is 0 Å². The van der Waals surface area contributed by atoms with Crippen LogP contribution in [-0.2, 0) is 39.8 Å². The van der Waals surface area contributed by atoms with Crippen LogP contribution in [0.4, 0.5) is 47.6 Å². The predicted molar refractivity (Wildman–Crippen MR) is 307 cm³/mol. The number of hydrogen-bond acceptors (Lipinski definition) is 21. The van der Waals surface area contributed by atoms with E-state index in [4.69, 9.17) is 52.7 Å². The number of cyclic esters (lactones) is 4. The molecule has 9 heterocycles. The zero-order valence-corrected chi connectivity index (χ0v) is 69.4. The van der Waals surface area contributed by atoms with Gasteiger partial charge in [0, 0.05) is 171 Å². The van der Waals surface area contributed by atoms with Gasteiger partial charge in [-0.3, -0.25) is 14.3 Å². The van der Waals surface area contributed by atoms with Crippen LogP contribution in [0.3, 0.4) is 0 Å². The number of non-ortho nitro benzene ring substituents is 1. The number of nitrogens with zero attached hydrogens (tertiary/aromatic N) is 11. The van der Waals surface area contributed by atoms with E-state index in [1.807, 2.05) is 0 Å². The van der Waals surface area contributed by atoms with Gasteiger partial charge in [-0.15, -0.1) is 53.6 Å². The minimum absolute atomic E-state index is 0. The fourth-order valence-electron chi connectivity index (χ4n) is 10.0. The number of amides is 4. The smallest absolute Gasteiger partial charge is 0.404 e. The van der Waals surface area contributed by atoms with Crippen LogP contribution in [0.1, 0.15) is 0 Å². The summed E-state index contributed by atoms with van der Waals surface area (Å²) in [4.78, 5) is 66.7. The second kappa shape index (κ2) is 32.1. The molecule has 4 amide bonds. The topological polar surface area (TPSA) is 341 Å². The van der Waals surface area contributed by atoms with Gasteiger partial charge in [0.1, 0.15) is 74.4 Å². The summed E-state index contributed by atoms with van der Waals surface area (Å²) in [6.45, 7) is 0.979. The number of aliphatic hydroxyl groups is 1. The number of aliphatic hydroxyl groups excluding tert-OH is 1. The molecule has 6 aromatic rings. The summed E-state index contributed by atoms with van der Waals surface area (Å²) in [5, 5.41) is 31.1. The number of halogens is 4. The third kappa shape index (κ3) is 16.0. The summed E-state index contributed by atoms with van der Waals surface area (Å²) < 4.78 is 78.0. The van der Waals surface area contributed by atoms with Gasteiger partial charge in [0.05, 0.1) is 36.9 Å². The first-order chi connectivity index (χ1) is 41.4. The van der Waals surface area contributed by atoms with Gasteiger partial charge in [0.25, 0.3) is 15.8 Å². The minimum atomic E-state index is -4.29. The Labute approximate surface area is 639 Å². The molecule has 464 valence electrons. The van der Waals surface area contributed by atoms with Crippen LogP contribution in [0.15, 0.2) is 113 Å². The molecule has 4 fully saturated rings. The molecule has 4 saturated heterocycles. The van der Waals surface area contributed by atoms with E-state index >= 15 is 0 Å². The summed E-state index contributed by atoms with van der Waals surface area (Å²) in [6.07, 6.45) is -0.852. The van der Waals surface area contributed by atoms with E-state index < -0.39 is 64.3 Å². The number of rotatable bonds is 10. The second-order valence-corrected chi connectivity index (χ2v) is 24.1. The third-order valence-corrected chi connectivity index (χ3v) is 17.1. The molecule has 90 heavy (non-hydrogen) atoms. The second-order valence-electron chi connectivity index (χ2n) is 19.0. The molecule has 8 atom stereocenters. The Morgan fingerprint density at radius 2 is 1.04 bits per heavy atom. The average molecular weight is 2410 g/mol. The van der Waals surface area contributed by atoms with Crippen LogP contribution in [0, 0.1) is 159 Å². The Bertz CT molecular complexity index is 3840. The summed E-state index contributed by atoms with van der Waals surface area (Å²) in [6, 6.07) is 28.6. The van der Waals surface area contributed by atoms with Gasteiger partial charge in [-0.2, -0.15) is 32.7 Å². The number of ether oxygens (including phenoxy) is 8. The maximum atomic E-state index is 12.4. The van der Waals surface area contributed by atoms with E-state index in [-0.39, 0.29) is 185 Å². The van der Waals surface area contributed by atoms with Gasteiger partial charge < -0.3 is 62.6 Å². The van der Waals surface area contributed by atoms with Crippen molar-refractivity contribution >= 4 is 127 Å². The van der Waals surface area contributed by atoms with Crippen molar-refractivity contribution in [1.82, 2.24) is 15.0 Å². The molecule has 8 aliphatic heterocycles. The first-order valence-electron chi connectivity index (χ1n) is 25.3. The minimum Gasteiger partial charge on any atom is -0.515 e. The SMILES string of the molecule is O=C1O[C@@H](CO)[C@@H]2COc3cc(Br)[c-]cc3N12.O=C1O[C@@H](COS(=O)(=O)c2cccc([N+](=O)[O-])c2)[C@@H]2COc3cc(Br)[c-]cc3N12.O=C1O[C@@H](Cn2ccnn2)[C@@H]2COc3cc(Br)[c-]cc3N12.[N-]=[N+]=NC[C@@H]1OC(=O)N2c3c[c-]c(Br)cc3OC[C@@H]12.[U].[U].[U].[U]. The molecule has 0 aliphatic carbocycles. The van der Waals surface area contributed by atoms with Gasteiger partial charge in [-0.25, -0.2) is 23.9 Å². The maximum Gasteiger partial charge on any atom is 0.404 e. The van der Waals surface area contributed by atoms with Crippen LogP contribution in [0.5, 0.6) is 23.0 Å². The van der Waals surface area contributed by atoms with Gasteiger partial charge in [-0.1, -0.05) is 98.0 Å². The summed E-state index contributed by atoms with van der Waals surface area (Å²) in [5.41, 5.74) is 10.3. The first-order valence-corrected chi connectivity index (χ1v) is 29.9. The molecule has 1 aromatic heterocycles. The average Bonchev–Trinajstić information content (AvgIpc) is 1.63. The fraction of sp³-hybridized carbons (Fsp3) is 0.308. The number of carbonyl (C=O) groups excluding carboxylic acids is 4. The summed E-state index contributed by atoms with van der Waals surface area (Å²) >= 11 is 13.2. The van der Waals surface area contributed by atoms with Crippen LogP contribution >= 0.6 is 63.7 Å². The molecule has 0 bridgehead atoms. The molecule has 8 aliphatic rings. The number of anilines is 4. The van der Waals surface area contributed by atoms with Crippen molar-refractivity contribution in [1.29, 1.82) is 0 Å². The molecular formula is C52H39Br4N11O18SU4-4. The van der Waals surface area contributed by atoms with Crippen molar-refractivity contribution in [3.63, 3.8) is 0 Å². The van der Waals surface area contributed by atoms with Crippen LogP contribution in [-0.4, -0.2) is 153 Å². The Kier molecular flexibility index (Phi) is 26.3. The van der Waals surface area contributed by atoms with Crippen molar-refractivity contribution in [3.8, 4) is 23.0 Å². The van der Waals surface area contributed by atoms with E-state index in [0.29, 0.717) is 76.6 Å². The molecule has 0 saturated carbocycles. The van der Waals surface area contributed by atoms with Crippen LogP contribution < -0.4 is 38.5 Å². The number of aromatic nitrogens is 3. The molecule has 14 rings (SSSR count). The van der Waals surface area contributed by atoms with Gasteiger partial charge in [0.15, 0.2) is 6.10 Å². The Balaban J connectivity index is 0.000000171. The fourth-order valence-corrected chi connectivity index (χ4v) is 12.3. The van der Waals surface area contributed by atoms with E-state index in [9.17, 15) is 37.7 Å². The van der Waals surface area contributed by atoms with Crippen LogP contribution in [0.2, 0.25) is 0 Å². The molecule has 38 heteroatoms. The Hall–Kier alpha value is -3.77. The molecule has 1 N–H and O–H groups in total. The number of hydrogen-bond donors (Lipinski definition) is 1. The number of nitro groups is 1. The number of fused-ring (bicyclic) bond motifs is 12. The monoisotopic (exact) mass is 2410 g/mol. The maximum absolute atomic E-state index is 12.4. The number of carbonyl (C=O) groups is 4. The summed E-state index contributed by atoms with van der Waals surface area (Å²) in [5.74, 6) is 2.33. The quantitative estimate of drug-likeness (QED) is 0.0197. The predicted octanol–water partition coefficient (Wildman–Crippen LogP) is 8.25. The summed E-state index contributed by atoms with van der Waals surface area (Å²) in [7, 11) is -4.29. The molecule has 5 aromatic carbocycles. The molecule has 0 radical (unpaired) electrons. The van der Waals surface area contributed by atoms with Crippen molar-refractivity contribution in [2.75, 3.05) is 65.8 Å². The van der Waals surface area contributed by atoms with Crippen LogP contribution in [0.25, 0.3) is 10.4 Å². The van der Waals surface area contributed by atoms with E-state index in [0.717, 1.165) is 19.5 Å². The standard InChI is InChI=1S/C17H12BrN2O8S.C13H10BrN4O3.C11H8BrN4O3.C11H9BrNO4.4U/c18-10-4-5-13-15(6-10)26-8-14-16(28-17(21)19(13)14)9-27-29(24,25)12-3-1-2-11(7-12)20(22)23;14-8-1-2-9-11(5-8)20-7-10-12(21-13(19)18(9)10)6-17-4-3-15-16-17;12-6-1-2-7-9(3-6)18-5-8-10(4-14-15-13)19-11(17)16(7)8;12-6-1-2-7-9(3-6)16-5-8-10(4-14)17-11(15)13(7)8;;;;/h1-3,5-7,14,16H,8-9H2;2-5,10,12H,6-7H2;2-3,8,10H,4-5H2;2-3,8,10,14H,4-5H2;;;;/q4*-1;;;;/t14-,16-;10-,12-;2*8-,10-;;;;/m0000..../s1. The van der Waals surface area contributed by atoms with Crippen molar-refractivity contribution in [3.05, 3.63) is 148 Å². The molecule has 29 nitrogen and oxygen atoms in total. The normalized spacial score (nSPS) is 22.0. The van der Waals surface area contributed by atoms with Crippen molar-refractivity contribution in [2.24, 2.45) is 5.11 Å². The number of azide groups is 1. The Morgan fingerprint density at radius 3 is 1.46 bits per heavy atom. The zero-order chi connectivity index (χ0) is 60.6. The number of nitro benzene ring substituents is 1. The zero-order valence-electron chi connectivity index (χ0n) is 45.6. The van der Waals surface area contributed by atoms with E-state index in [1.54, 1.807) is 70.5 Å². The molecular weight excluding hydrogens is 2370 g/mol. The molecule has 0 spiro atoms. The Morgan fingerprint density at radius 1 is 0.644 bits per heavy atom. The largest absolute Gasteiger partial charge is 0.515 e. The van der Waals surface area contributed by atoms with E-state index in [2.05, 4.69) is 108 Å². The van der Waals surface area contributed by atoms with E-state index in [1.165, 1.54) is 32.9 Å². The van der Waals surface area contributed by atoms with Crippen molar-refractivity contribution < 1.29 is 204 Å². The number of benzene rings is 5. The first kappa shape index (κ1) is 73.6. The van der Waals surface area contributed by atoms with Crippen molar-refractivity contribution in [2.45, 2.75) is 60.0 Å². The third-order valence-electron chi connectivity index (χ3n) is 14.0. The van der Waals surface area contributed by atoms with Gasteiger partial charge in [-0.05, 0) is 34.3 Å².